The zero-order chi connectivity index (χ0) is 29.6. The molecule has 3 amide bonds. The molecular formula is C30H36N4O6S. The quantitative estimate of drug-likeness (QED) is 0.372. The summed E-state index contributed by atoms with van der Waals surface area (Å²) in [6, 6.07) is 21.3. The van der Waals surface area contributed by atoms with Gasteiger partial charge in [0.1, 0.15) is 11.9 Å². The van der Waals surface area contributed by atoms with E-state index in [4.69, 9.17) is 4.74 Å². The fourth-order valence-electron chi connectivity index (χ4n) is 4.66. The van der Waals surface area contributed by atoms with Crippen LogP contribution in [-0.2, 0) is 21.2 Å². The smallest absolute Gasteiger partial charge is 0.323 e. The Morgan fingerprint density at radius 3 is 2.34 bits per heavy atom. The van der Waals surface area contributed by atoms with Crippen molar-refractivity contribution in [2.24, 2.45) is 5.92 Å². The zero-order valence-electron chi connectivity index (χ0n) is 23.4. The Morgan fingerprint density at radius 1 is 1.05 bits per heavy atom. The molecule has 3 atom stereocenters. The molecule has 0 saturated carbocycles. The van der Waals surface area contributed by atoms with Crippen molar-refractivity contribution >= 4 is 33.3 Å². The van der Waals surface area contributed by atoms with Gasteiger partial charge >= 0.3 is 6.03 Å². The summed E-state index contributed by atoms with van der Waals surface area (Å²) in [4.78, 5) is 27.8. The standard InChI is InChI=1S/C30H36N4O6S/c1-21-18-34(22(2)20-35)29(36)17-23-16-25(32-30(37)31-24-10-6-4-7-11-24)14-15-27(23)40-28(21)19-33(3)41(38,39)26-12-8-5-9-13-26/h4-16,21-22,28,35H,17-20H2,1-3H3,(H2,31,32,37)/t21-,22-,28+/m0/s1. The van der Waals surface area contributed by atoms with Crippen molar-refractivity contribution in [2.45, 2.75) is 37.3 Å². The average Bonchev–Trinajstić information content (AvgIpc) is 3.01. The molecule has 1 aliphatic rings. The number of carbonyl (C=O) groups is 2. The van der Waals surface area contributed by atoms with Crippen molar-refractivity contribution in [1.82, 2.24) is 9.21 Å². The minimum atomic E-state index is -3.78. The predicted octanol–water partition coefficient (Wildman–Crippen LogP) is 3.80. The molecule has 4 rings (SSSR count). The molecule has 1 heterocycles. The van der Waals surface area contributed by atoms with Gasteiger partial charge in [-0.3, -0.25) is 4.79 Å². The fraction of sp³-hybridized carbons (Fsp3) is 0.333. The number of anilines is 2. The normalized spacial score (nSPS) is 18.4. The topological polar surface area (TPSA) is 128 Å². The van der Waals surface area contributed by atoms with E-state index in [1.165, 1.54) is 11.4 Å². The number of urea groups is 1. The largest absolute Gasteiger partial charge is 0.488 e. The highest BCUT2D eigenvalue weighted by atomic mass is 32.2. The van der Waals surface area contributed by atoms with Gasteiger partial charge in [0.25, 0.3) is 0 Å². The van der Waals surface area contributed by atoms with E-state index in [1.54, 1.807) is 72.5 Å². The highest BCUT2D eigenvalue weighted by Crippen LogP contribution is 2.30. The number of fused-ring (bicyclic) bond motifs is 1. The van der Waals surface area contributed by atoms with Crippen LogP contribution >= 0.6 is 0 Å². The Labute approximate surface area is 241 Å². The minimum absolute atomic E-state index is 0.0207. The van der Waals surface area contributed by atoms with Crippen molar-refractivity contribution in [1.29, 1.82) is 0 Å². The third-order valence-corrected chi connectivity index (χ3v) is 8.93. The number of hydrogen-bond donors (Lipinski definition) is 3. The Hall–Kier alpha value is -3.93. The second-order valence-corrected chi connectivity index (χ2v) is 12.3. The third-order valence-electron chi connectivity index (χ3n) is 7.09. The Kier molecular flexibility index (Phi) is 9.64. The zero-order valence-corrected chi connectivity index (χ0v) is 24.2. The first-order chi connectivity index (χ1) is 19.6. The van der Waals surface area contributed by atoms with E-state index in [0.29, 0.717) is 22.7 Å². The summed E-state index contributed by atoms with van der Waals surface area (Å²) in [5.74, 6) is -0.0601. The lowest BCUT2D eigenvalue weighted by atomic mass is 10.0. The van der Waals surface area contributed by atoms with Gasteiger partial charge in [0.15, 0.2) is 0 Å². The molecular weight excluding hydrogens is 544 g/mol. The number of nitrogens with one attached hydrogen (secondary N) is 2. The van der Waals surface area contributed by atoms with Crippen LogP contribution in [0.1, 0.15) is 19.4 Å². The number of benzene rings is 3. The van der Waals surface area contributed by atoms with E-state index in [1.807, 2.05) is 25.1 Å². The van der Waals surface area contributed by atoms with E-state index in [2.05, 4.69) is 10.6 Å². The van der Waals surface area contributed by atoms with Gasteiger partial charge in [-0.2, -0.15) is 4.31 Å². The maximum Gasteiger partial charge on any atom is 0.323 e. The number of ether oxygens (including phenoxy) is 1. The summed E-state index contributed by atoms with van der Waals surface area (Å²) in [5.41, 5.74) is 1.63. The van der Waals surface area contributed by atoms with Gasteiger partial charge < -0.3 is 25.4 Å². The maximum absolute atomic E-state index is 13.4. The first kappa shape index (κ1) is 30.0. The molecule has 0 bridgehead atoms. The first-order valence-corrected chi connectivity index (χ1v) is 14.9. The summed E-state index contributed by atoms with van der Waals surface area (Å²) in [6.45, 7) is 3.74. The van der Waals surface area contributed by atoms with Crippen LogP contribution in [-0.4, -0.2) is 73.6 Å². The number of amides is 3. The van der Waals surface area contributed by atoms with Gasteiger partial charge in [-0.25, -0.2) is 13.2 Å². The molecule has 0 aliphatic carbocycles. The van der Waals surface area contributed by atoms with Gasteiger partial charge in [0, 0.05) is 36.4 Å². The Bertz CT molecular complexity index is 1450. The van der Waals surface area contributed by atoms with Gasteiger partial charge in [0.2, 0.25) is 15.9 Å². The number of hydrogen-bond acceptors (Lipinski definition) is 6. The van der Waals surface area contributed by atoms with E-state index >= 15 is 0 Å². The lowest BCUT2D eigenvalue weighted by Crippen LogP contribution is -2.48. The van der Waals surface area contributed by atoms with Crippen LogP contribution < -0.4 is 15.4 Å². The monoisotopic (exact) mass is 580 g/mol. The number of sulfonamides is 1. The first-order valence-electron chi connectivity index (χ1n) is 13.4. The summed E-state index contributed by atoms with van der Waals surface area (Å²) < 4.78 is 34.2. The lowest BCUT2D eigenvalue weighted by molar-refractivity contribution is -0.134. The fourth-order valence-corrected chi connectivity index (χ4v) is 5.87. The Morgan fingerprint density at radius 2 is 1.68 bits per heavy atom. The number of rotatable bonds is 8. The number of aliphatic hydroxyl groups excluding tert-OH is 1. The van der Waals surface area contributed by atoms with E-state index in [0.717, 1.165) is 0 Å². The summed E-state index contributed by atoms with van der Waals surface area (Å²) in [7, 11) is -2.28. The van der Waals surface area contributed by atoms with Crippen LogP contribution in [0.3, 0.4) is 0 Å². The maximum atomic E-state index is 13.4. The average molecular weight is 581 g/mol. The summed E-state index contributed by atoms with van der Waals surface area (Å²) >= 11 is 0. The van der Waals surface area contributed by atoms with Crippen molar-refractivity contribution in [3.63, 3.8) is 0 Å². The van der Waals surface area contributed by atoms with Crippen LogP contribution in [0, 0.1) is 5.92 Å². The molecule has 3 N–H and O–H groups in total. The number of aliphatic hydroxyl groups is 1. The molecule has 0 fully saturated rings. The minimum Gasteiger partial charge on any atom is -0.488 e. The molecule has 41 heavy (non-hydrogen) atoms. The molecule has 0 radical (unpaired) electrons. The van der Waals surface area contributed by atoms with Gasteiger partial charge in [-0.05, 0) is 49.4 Å². The van der Waals surface area contributed by atoms with Crippen LogP contribution in [0.5, 0.6) is 5.75 Å². The number of para-hydroxylation sites is 1. The number of carbonyl (C=O) groups excluding carboxylic acids is 2. The summed E-state index contributed by atoms with van der Waals surface area (Å²) in [5, 5.41) is 15.4. The van der Waals surface area contributed by atoms with Crippen molar-refractivity contribution in [2.75, 3.05) is 37.4 Å². The molecule has 3 aromatic carbocycles. The van der Waals surface area contributed by atoms with E-state index in [9.17, 15) is 23.1 Å². The molecule has 10 nitrogen and oxygen atoms in total. The molecule has 11 heteroatoms. The van der Waals surface area contributed by atoms with E-state index in [-0.39, 0.29) is 42.8 Å². The molecule has 0 spiro atoms. The highest BCUT2D eigenvalue weighted by molar-refractivity contribution is 7.89. The molecule has 218 valence electrons. The molecule has 0 saturated heterocycles. The van der Waals surface area contributed by atoms with Crippen LogP contribution in [0.25, 0.3) is 0 Å². The van der Waals surface area contributed by atoms with Crippen LogP contribution in [0.15, 0.2) is 83.8 Å². The molecule has 3 aromatic rings. The van der Waals surface area contributed by atoms with Crippen molar-refractivity contribution in [3.05, 3.63) is 84.4 Å². The van der Waals surface area contributed by atoms with Crippen LogP contribution in [0.2, 0.25) is 0 Å². The lowest BCUT2D eigenvalue weighted by Gasteiger charge is -2.33. The van der Waals surface area contributed by atoms with Crippen molar-refractivity contribution in [3.8, 4) is 5.75 Å². The highest BCUT2D eigenvalue weighted by Gasteiger charge is 2.33. The molecule has 1 aliphatic heterocycles. The van der Waals surface area contributed by atoms with Crippen LogP contribution in [0.4, 0.5) is 16.2 Å². The van der Waals surface area contributed by atoms with Gasteiger partial charge in [-0.1, -0.05) is 43.3 Å². The number of likely N-dealkylation sites (N-methyl/N-ethyl adjacent to an activating group) is 1. The van der Waals surface area contributed by atoms with E-state index < -0.39 is 28.2 Å². The van der Waals surface area contributed by atoms with Gasteiger partial charge in [0.05, 0.1) is 30.5 Å². The van der Waals surface area contributed by atoms with Crippen molar-refractivity contribution < 1.29 is 27.9 Å². The second kappa shape index (κ2) is 13.2. The SMILES string of the molecule is C[C@H]1CN([C@@H](C)CO)C(=O)Cc2cc(NC(=O)Nc3ccccc3)ccc2O[C@@H]1CN(C)S(=O)(=O)c1ccccc1. The third kappa shape index (κ3) is 7.43. The second-order valence-electron chi connectivity index (χ2n) is 10.3. The predicted molar refractivity (Wildman–Crippen MR) is 157 cm³/mol. The molecule has 0 aromatic heterocycles. The number of nitrogens with zero attached hydrogens (tertiary/aromatic N) is 2. The summed E-state index contributed by atoms with van der Waals surface area (Å²) in [6.07, 6.45) is -0.635. The Balaban J connectivity index is 1.62. The molecule has 0 unspecified atom stereocenters. The van der Waals surface area contributed by atoms with Gasteiger partial charge in [-0.15, -0.1) is 0 Å².